The van der Waals surface area contributed by atoms with Crippen LogP contribution < -0.4 is 5.73 Å². The van der Waals surface area contributed by atoms with E-state index in [1.165, 1.54) is 24.1 Å². The first-order valence-corrected chi connectivity index (χ1v) is 5.71. The van der Waals surface area contributed by atoms with Crippen LogP contribution in [0.25, 0.3) is 11.5 Å². The molecule has 16 heavy (non-hydrogen) atoms. The topological polar surface area (TPSA) is 67.8 Å². The zero-order valence-corrected chi connectivity index (χ0v) is 9.07. The highest BCUT2D eigenvalue weighted by molar-refractivity contribution is 5.59. The zero-order valence-electron chi connectivity index (χ0n) is 9.07. The molecule has 2 aromatic heterocycles. The van der Waals surface area contributed by atoms with Crippen LogP contribution >= 0.6 is 0 Å². The van der Waals surface area contributed by atoms with Crippen LogP contribution in [0.5, 0.6) is 0 Å². The summed E-state index contributed by atoms with van der Waals surface area (Å²) in [7, 11) is 0. The summed E-state index contributed by atoms with van der Waals surface area (Å²) >= 11 is 0. The standard InChI is InChI=1S/C12H15N3O/c13-6-5-9-11(8-3-4-8)14-15-12(9)10-2-1-7-16-10/h1-2,7-8H,3-6,13H2,(H,14,15). The van der Waals surface area contributed by atoms with Crippen LogP contribution in [-0.4, -0.2) is 16.7 Å². The zero-order chi connectivity index (χ0) is 11.0. The van der Waals surface area contributed by atoms with E-state index in [0.29, 0.717) is 12.5 Å². The minimum atomic E-state index is 0.646. The first-order valence-electron chi connectivity index (χ1n) is 5.71. The molecule has 3 N–H and O–H groups in total. The van der Waals surface area contributed by atoms with Crippen molar-refractivity contribution < 1.29 is 4.42 Å². The number of H-pyrrole nitrogens is 1. The third-order valence-electron chi connectivity index (χ3n) is 3.03. The predicted octanol–water partition coefficient (Wildman–Crippen LogP) is 2.05. The Bertz CT molecular complexity index is 468. The summed E-state index contributed by atoms with van der Waals surface area (Å²) in [6.45, 7) is 0.646. The lowest BCUT2D eigenvalue weighted by atomic mass is 10.1. The summed E-state index contributed by atoms with van der Waals surface area (Å²) in [5.41, 5.74) is 9.08. The van der Waals surface area contributed by atoms with Gasteiger partial charge in [0.25, 0.3) is 0 Å². The number of nitrogens with zero attached hydrogens (tertiary/aromatic N) is 1. The second kappa shape index (κ2) is 3.79. The van der Waals surface area contributed by atoms with Crippen molar-refractivity contribution >= 4 is 0 Å². The van der Waals surface area contributed by atoms with E-state index in [4.69, 9.17) is 10.2 Å². The molecular formula is C12H15N3O. The van der Waals surface area contributed by atoms with Crippen molar-refractivity contribution in [2.45, 2.75) is 25.2 Å². The normalized spacial score (nSPS) is 15.6. The SMILES string of the molecule is NCCc1c(-c2ccco2)n[nH]c1C1CC1. The molecule has 4 heteroatoms. The fourth-order valence-electron chi connectivity index (χ4n) is 2.10. The number of furan rings is 1. The van der Waals surface area contributed by atoms with Crippen LogP contribution in [0.15, 0.2) is 22.8 Å². The molecule has 0 aromatic carbocycles. The smallest absolute Gasteiger partial charge is 0.154 e. The third kappa shape index (κ3) is 1.55. The molecule has 1 aliphatic carbocycles. The molecule has 2 aromatic rings. The molecule has 2 heterocycles. The van der Waals surface area contributed by atoms with Crippen molar-refractivity contribution in [3.05, 3.63) is 29.7 Å². The van der Waals surface area contributed by atoms with Crippen LogP contribution in [0.1, 0.15) is 30.0 Å². The van der Waals surface area contributed by atoms with Gasteiger partial charge in [0.1, 0.15) is 5.69 Å². The molecule has 84 valence electrons. The van der Waals surface area contributed by atoms with Gasteiger partial charge in [-0.2, -0.15) is 5.10 Å². The highest BCUT2D eigenvalue weighted by atomic mass is 16.3. The van der Waals surface area contributed by atoms with Crippen molar-refractivity contribution in [2.75, 3.05) is 6.54 Å². The van der Waals surface area contributed by atoms with Crippen molar-refractivity contribution in [1.82, 2.24) is 10.2 Å². The first-order chi connectivity index (χ1) is 7.90. The molecule has 0 unspecified atom stereocenters. The average Bonchev–Trinajstić information content (AvgIpc) is 2.84. The van der Waals surface area contributed by atoms with Crippen LogP contribution in [0.3, 0.4) is 0 Å². The maximum absolute atomic E-state index is 5.66. The van der Waals surface area contributed by atoms with Crippen molar-refractivity contribution in [3.63, 3.8) is 0 Å². The Morgan fingerprint density at radius 2 is 2.38 bits per heavy atom. The van der Waals surface area contributed by atoms with E-state index in [9.17, 15) is 0 Å². The van der Waals surface area contributed by atoms with E-state index in [1.807, 2.05) is 12.1 Å². The Morgan fingerprint density at radius 1 is 1.50 bits per heavy atom. The highest BCUT2D eigenvalue weighted by Crippen LogP contribution is 2.42. The van der Waals surface area contributed by atoms with Crippen LogP contribution in [-0.2, 0) is 6.42 Å². The van der Waals surface area contributed by atoms with Gasteiger partial charge in [0, 0.05) is 17.2 Å². The Balaban J connectivity index is 2.03. The van der Waals surface area contributed by atoms with Gasteiger partial charge in [-0.05, 0) is 37.9 Å². The summed E-state index contributed by atoms with van der Waals surface area (Å²) in [5, 5.41) is 7.51. The van der Waals surface area contributed by atoms with Gasteiger partial charge >= 0.3 is 0 Å². The number of rotatable bonds is 4. The lowest BCUT2D eigenvalue weighted by molar-refractivity contribution is 0.579. The quantitative estimate of drug-likeness (QED) is 0.823. The van der Waals surface area contributed by atoms with Gasteiger partial charge in [0.2, 0.25) is 0 Å². The van der Waals surface area contributed by atoms with Gasteiger partial charge in [0.15, 0.2) is 5.76 Å². The molecule has 0 aliphatic heterocycles. The van der Waals surface area contributed by atoms with Crippen molar-refractivity contribution in [3.8, 4) is 11.5 Å². The monoisotopic (exact) mass is 217 g/mol. The van der Waals surface area contributed by atoms with Gasteiger partial charge in [-0.15, -0.1) is 0 Å². The minimum absolute atomic E-state index is 0.646. The fraction of sp³-hybridized carbons (Fsp3) is 0.417. The average molecular weight is 217 g/mol. The molecule has 1 aliphatic rings. The largest absolute Gasteiger partial charge is 0.463 e. The second-order valence-corrected chi connectivity index (χ2v) is 4.25. The summed E-state index contributed by atoms with van der Waals surface area (Å²) in [6.07, 6.45) is 5.06. The molecule has 4 nitrogen and oxygen atoms in total. The third-order valence-corrected chi connectivity index (χ3v) is 3.03. The molecule has 0 amide bonds. The van der Waals surface area contributed by atoms with E-state index >= 15 is 0 Å². The number of hydrogen-bond donors (Lipinski definition) is 2. The Morgan fingerprint density at radius 3 is 3.00 bits per heavy atom. The summed E-state index contributed by atoms with van der Waals surface area (Å²) in [4.78, 5) is 0. The van der Waals surface area contributed by atoms with E-state index in [0.717, 1.165) is 17.9 Å². The fourth-order valence-corrected chi connectivity index (χ4v) is 2.10. The van der Waals surface area contributed by atoms with E-state index < -0.39 is 0 Å². The molecule has 0 spiro atoms. The van der Waals surface area contributed by atoms with Crippen molar-refractivity contribution in [1.29, 1.82) is 0 Å². The van der Waals surface area contributed by atoms with Crippen LogP contribution in [0, 0.1) is 0 Å². The van der Waals surface area contributed by atoms with Crippen LogP contribution in [0.2, 0.25) is 0 Å². The van der Waals surface area contributed by atoms with E-state index in [2.05, 4.69) is 10.2 Å². The highest BCUT2D eigenvalue weighted by Gasteiger charge is 2.30. The first kappa shape index (κ1) is 9.66. The molecule has 0 atom stereocenters. The van der Waals surface area contributed by atoms with Crippen molar-refractivity contribution in [2.24, 2.45) is 5.73 Å². The maximum atomic E-state index is 5.66. The summed E-state index contributed by atoms with van der Waals surface area (Å²) in [5.74, 6) is 1.49. The maximum Gasteiger partial charge on any atom is 0.154 e. The van der Waals surface area contributed by atoms with Gasteiger partial charge < -0.3 is 10.2 Å². The molecule has 1 fully saturated rings. The number of aromatic nitrogens is 2. The Labute approximate surface area is 93.8 Å². The minimum Gasteiger partial charge on any atom is -0.463 e. The number of nitrogens with two attached hydrogens (primary N) is 1. The second-order valence-electron chi connectivity index (χ2n) is 4.25. The van der Waals surface area contributed by atoms with Crippen LogP contribution in [0.4, 0.5) is 0 Å². The molecular weight excluding hydrogens is 202 g/mol. The Hall–Kier alpha value is -1.55. The molecule has 0 radical (unpaired) electrons. The number of nitrogens with one attached hydrogen (secondary N) is 1. The van der Waals surface area contributed by atoms with E-state index in [-0.39, 0.29) is 0 Å². The van der Waals surface area contributed by atoms with Gasteiger partial charge in [0.05, 0.1) is 6.26 Å². The summed E-state index contributed by atoms with van der Waals surface area (Å²) in [6, 6.07) is 3.82. The predicted molar refractivity (Wildman–Crippen MR) is 61.0 cm³/mol. The Kier molecular flexibility index (Phi) is 2.29. The number of hydrogen-bond acceptors (Lipinski definition) is 3. The molecule has 3 rings (SSSR count). The summed E-state index contributed by atoms with van der Waals surface area (Å²) < 4.78 is 5.40. The molecule has 0 bridgehead atoms. The lowest BCUT2D eigenvalue weighted by Crippen LogP contribution is -2.04. The van der Waals surface area contributed by atoms with Gasteiger partial charge in [-0.25, -0.2) is 0 Å². The lowest BCUT2D eigenvalue weighted by Gasteiger charge is -2.01. The van der Waals surface area contributed by atoms with Gasteiger partial charge in [-0.1, -0.05) is 0 Å². The molecule has 1 saturated carbocycles. The molecule has 0 saturated heterocycles. The van der Waals surface area contributed by atoms with Gasteiger partial charge in [-0.3, -0.25) is 5.10 Å². The number of aromatic amines is 1. The van der Waals surface area contributed by atoms with E-state index in [1.54, 1.807) is 6.26 Å².